The van der Waals surface area contributed by atoms with E-state index in [4.69, 9.17) is 0 Å². The summed E-state index contributed by atoms with van der Waals surface area (Å²) in [6, 6.07) is 15.5. The molecule has 0 spiro atoms. The Kier molecular flexibility index (Phi) is 7.82. The molecule has 0 aliphatic heterocycles. The number of carbonyl (C=O) groups excluding carboxylic acids is 2. The van der Waals surface area contributed by atoms with Crippen molar-refractivity contribution in [2.45, 2.75) is 19.4 Å². The van der Waals surface area contributed by atoms with E-state index in [2.05, 4.69) is 15.3 Å². The van der Waals surface area contributed by atoms with Crippen LogP contribution in [0.15, 0.2) is 59.6 Å². The van der Waals surface area contributed by atoms with E-state index in [1.165, 1.54) is 11.8 Å². The highest BCUT2D eigenvalue weighted by atomic mass is 32.2. The molecule has 0 saturated carbocycles. The van der Waals surface area contributed by atoms with Gasteiger partial charge in [0, 0.05) is 10.9 Å². The Bertz CT molecular complexity index is 768. The Labute approximate surface area is 155 Å². The molecule has 2 aromatic carbocycles. The molecule has 1 unspecified atom stereocenters. The van der Waals surface area contributed by atoms with Crippen molar-refractivity contribution in [2.24, 2.45) is 4.99 Å². The summed E-state index contributed by atoms with van der Waals surface area (Å²) in [6.45, 7) is 1.95. The predicted octanol–water partition coefficient (Wildman–Crippen LogP) is 3.54. The lowest BCUT2D eigenvalue weighted by Crippen LogP contribution is -2.43. The summed E-state index contributed by atoms with van der Waals surface area (Å²) in [6.07, 6.45) is 0.150. The standard InChI is InChI=1S/C19H19FN2O3S/c1-14-7-5-6-10-16(14)21-13-26-12-18(23)22-17(19(24)25-20)11-15-8-3-2-4-9-15/h2-10,13,17H,11-12H2,1H3,(H,22,23). The number of para-hydroxylation sites is 1. The van der Waals surface area contributed by atoms with Gasteiger partial charge < -0.3 is 5.32 Å². The molecule has 7 heteroatoms. The van der Waals surface area contributed by atoms with Gasteiger partial charge >= 0.3 is 5.97 Å². The third-order valence-corrected chi connectivity index (χ3v) is 4.26. The second-order valence-electron chi connectivity index (χ2n) is 5.54. The maximum atomic E-state index is 12.3. The highest BCUT2D eigenvalue weighted by Gasteiger charge is 2.23. The van der Waals surface area contributed by atoms with Crippen molar-refractivity contribution in [1.29, 1.82) is 0 Å². The number of hydrogen-bond donors (Lipinski definition) is 1. The molecule has 2 rings (SSSR count). The number of carbonyl (C=O) groups is 2. The highest BCUT2D eigenvalue weighted by molar-refractivity contribution is 8.12. The fourth-order valence-electron chi connectivity index (χ4n) is 2.25. The van der Waals surface area contributed by atoms with Crippen LogP contribution in [0.2, 0.25) is 0 Å². The van der Waals surface area contributed by atoms with E-state index in [9.17, 15) is 14.1 Å². The molecular weight excluding hydrogens is 355 g/mol. The number of rotatable bonds is 8. The van der Waals surface area contributed by atoms with Gasteiger partial charge in [0.15, 0.2) is 0 Å². The largest absolute Gasteiger partial charge is 0.371 e. The van der Waals surface area contributed by atoms with Crippen LogP contribution in [-0.4, -0.2) is 29.2 Å². The van der Waals surface area contributed by atoms with E-state index in [1.54, 1.807) is 29.8 Å². The maximum Gasteiger partial charge on any atom is 0.371 e. The monoisotopic (exact) mass is 374 g/mol. The van der Waals surface area contributed by atoms with Crippen molar-refractivity contribution in [3.05, 3.63) is 65.7 Å². The third kappa shape index (κ3) is 6.33. The first kappa shape index (κ1) is 19.7. The zero-order valence-corrected chi connectivity index (χ0v) is 15.0. The van der Waals surface area contributed by atoms with Crippen molar-refractivity contribution in [3.8, 4) is 0 Å². The molecule has 136 valence electrons. The Morgan fingerprint density at radius 1 is 1.19 bits per heavy atom. The van der Waals surface area contributed by atoms with Gasteiger partial charge in [-0.05, 0) is 24.1 Å². The van der Waals surface area contributed by atoms with Crippen LogP contribution in [0.3, 0.4) is 0 Å². The quantitative estimate of drug-likeness (QED) is 0.567. The van der Waals surface area contributed by atoms with Gasteiger partial charge in [-0.3, -0.25) is 9.74 Å². The molecule has 0 saturated heterocycles. The lowest BCUT2D eigenvalue weighted by Gasteiger charge is -2.14. The van der Waals surface area contributed by atoms with Crippen molar-refractivity contribution < 1.29 is 19.1 Å². The summed E-state index contributed by atoms with van der Waals surface area (Å²) in [4.78, 5) is 31.2. The molecular formula is C19H19FN2O3S. The number of thioether (sulfide) groups is 1. The van der Waals surface area contributed by atoms with E-state index >= 15 is 0 Å². The van der Waals surface area contributed by atoms with Crippen LogP contribution in [0, 0.1) is 6.92 Å². The molecule has 0 aliphatic carbocycles. The minimum atomic E-state index is -1.12. The summed E-state index contributed by atoms with van der Waals surface area (Å²) < 4.78 is 12.3. The summed E-state index contributed by atoms with van der Waals surface area (Å²) >= 11 is 1.18. The first-order chi connectivity index (χ1) is 12.6. The average Bonchev–Trinajstić information content (AvgIpc) is 2.66. The van der Waals surface area contributed by atoms with Crippen LogP contribution < -0.4 is 5.32 Å². The molecule has 0 fully saturated rings. The zero-order chi connectivity index (χ0) is 18.8. The topological polar surface area (TPSA) is 67.8 Å². The number of aliphatic imine (C=N–C) groups is 1. The number of nitrogens with one attached hydrogen (secondary N) is 1. The Hall–Kier alpha value is -2.67. The van der Waals surface area contributed by atoms with Gasteiger partial charge in [0.25, 0.3) is 0 Å². The molecule has 5 nitrogen and oxygen atoms in total. The number of hydrogen-bond acceptors (Lipinski definition) is 5. The van der Waals surface area contributed by atoms with Crippen LogP contribution >= 0.6 is 11.8 Å². The Balaban J connectivity index is 1.86. The molecule has 0 aromatic heterocycles. The highest BCUT2D eigenvalue weighted by Crippen LogP contribution is 2.17. The summed E-state index contributed by atoms with van der Waals surface area (Å²) in [7, 11) is 0. The molecule has 0 radical (unpaired) electrons. The van der Waals surface area contributed by atoms with E-state index in [0.717, 1.165) is 16.8 Å². The van der Waals surface area contributed by atoms with Gasteiger partial charge in [-0.15, -0.1) is 11.8 Å². The van der Waals surface area contributed by atoms with Gasteiger partial charge in [-0.25, -0.2) is 9.79 Å². The second-order valence-corrected chi connectivity index (χ2v) is 6.37. The van der Waals surface area contributed by atoms with Gasteiger partial charge in [-0.1, -0.05) is 48.5 Å². The number of halogens is 1. The molecule has 0 heterocycles. The van der Waals surface area contributed by atoms with E-state index in [1.807, 2.05) is 37.3 Å². The Morgan fingerprint density at radius 3 is 2.58 bits per heavy atom. The lowest BCUT2D eigenvalue weighted by atomic mass is 10.1. The SMILES string of the molecule is Cc1ccccc1N=CSCC(=O)NC(Cc1ccccc1)C(=O)OF. The second kappa shape index (κ2) is 10.4. The number of nitrogens with zero attached hydrogens (tertiary/aromatic N) is 1. The van der Waals surface area contributed by atoms with Crippen molar-refractivity contribution in [2.75, 3.05) is 5.75 Å². The molecule has 1 atom stereocenters. The van der Waals surface area contributed by atoms with E-state index < -0.39 is 17.9 Å². The smallest absolute Gasteiger partial charge is 0.342 e. The first-order valence-electron chi connectivity index (χ1n) is 7.95. The summed E-state index contributed by atoms with van der Waals surface area (Å²) in [5.74, 6) is -1.47. The summed E-state index contributed by atoms with van der Waals surface area (Å²) in [5, 5.41) is 2.49. The van der Waals surface area contributed by atoms with E-state index in [0.29, 0.717) is 0 Å². The number of amides is 1. The molecule has 2 aromatic rings. The lowest BCUT2D eigenvalue weighted by molar-refractivity contribution is -0.186. The minimum Gasteiger partial charge on any atom is -0.342 e. The fourth-order valence-corrected chi connectivity index (χ4v) is 2.75. The fraction of sp³-hybridized carbons (Fsp3) is 0.211. The third-order valence-electron chi connectivity index (χ3n) is 3.57. The van der Waals surface area contributed by atoms with Crippen LogP contribution in [0.1, 0.15) is 11.1 Å². The van der Waals surface area contributed by atoms with Crippen molar-refractivity contribution in [1.82, 2.24) is 5.32 Å². The van der Waals surface area contributed by atoms with Crippen LogP contribution in [0.4, 0.5) is 10.2 Å². The van der Waals surface area contributed by atoms with Crippen LogP contribution in [0.5, 0.6) is 0 Å². The van der Waals surface area contributed by atoms with Gasteiger partial charge in [0.2, 0.25) is 5.91 Å². The molecule has 26 heavy (non-hydrogen) atoms. The van der Waals surface area contributed by atoms with Gasteiger partial charge in [0.1, 0.15) is 6.04 Å². The zero-order valence-electron chi connectivity index (χ0n) is 14.2. The van der Waals surface area contributed by atoms with Crippen molar-refractivity contribution in [3.63, 3.8) is 0 Å². The number of aryl methyl sites for hydroxylation is 1. The first-order valence-corrected chi connectivity index (χ1v) is 9.00. The molecule has 1 amide bonds. The van der Waals surface area contributed by atoms with Crippen LogP contribution in [0.25, 0.3) is 0 Å². The summed E-state index contributed by atoms with van der Waals surface area (Å²) in [5.41, 5.74) is 4.21. The van der Waals surface area contributed by atoms with Gasteiger partial charge in [0.05, 0.1) is 17.0 Å². The van der Waals surface area contributed by atoms with Gasteiger partial charge in [-0.2, -0.15) is 0 Å². The molecule has 0 aliphatic rings. The van der Waals surface area contributed by atoms with Crippen LogP contribution in [-0.2, 0) is 21.0 Å². The number of benzene rings is 2. The maximum absolute atomic E-state index is 12.3. The average molecular weight is 374 g/mol. The molecule has 0 bridgehead atoms. The molecule has 1 N–H and O–H groups in total. The van der Waals surface area contributed by atoms with E-state index in [-0.39, 0.29) is 12.2 Å². The minimum absolute atomic E-state index is 0.0558. The normalized spacial score (nSPS) is 11.9. The van der Waals surface area contributed by atoms with Crippen molar-refractivity contribution >= 4 is 34.9 Å². The predicted molar refractivity (Wildman–Crippen MR) is 101 cm³/mol. The Morgan fingerprint density at radius 2 is 1.88 bits per heavy atom.